The Hall–Kier alpha value is -3.96. The van der Waals surface area contributed by atoms with Crippen molar-refractivity contribution in [3.8, 4) is 17.3 Å². The van der Waals surface area contributed by atoms with Crippen molar-refractivity contribution in [2.45, 2.75) is 18.9 Å². The molecule has 2 heterocycles. The van der Waals surface area contributed by atoms with Crippen molar-refractivity contribution in [3.63, 3.8) is 0 Å². The van der Waals surface area contributed by atoms with Crippen molar-refractivity contribution >= 4 is 23.1 Å². The molecule has 1 aromatic carbocycles. The van der Waals surface area contributed by atoms with Crippen LogP contribution < -0.4 is 15.5 Å². The number of hydrogen-bond acceptors (Lipinski definition) is 8. The van der Waals surface area contributed by atoms with Crippen LogP contribution in [0.2, 0.25) is 0 Å². The maximum atomic E-state index is 9.27. The Balaban J connectivity index is 1.84. The molecule has 2 aliphatic rings. The topological polar surface area (TPSA) is 104 Å². The molecule has 0 bridgehead atoms. The summed E-state index contributed by atoms with van der Waals surface area (Å²) in [6.45, 7) is 1.79. The van der Waals surface area contributed by atoms with Crippen LogP contribution in [0.4, 0.5) is 11.8 Å². The number of benzene rings is 1. The van der Waals surface area contributed by atoms with Crippen molar-refractivity contribution in [1.29, 1.82) is 10.7 Å². The van der Waals surface area contributed by atoms with E-state index in [-0.39, 0.29) is 0 Å². The molecule has 1 fully saturated rings. The molecule has 4 rings (SSSR count). The zero-order valence-corrected chi connectivity index (χ0v) is 20.8. The summed E-state index contributed by atoms with van der Waals surface area (Å²) in [6, 6.07) is 10.3. The van der Waals surface area contributed by atoms with E-state index in [1.165, 1.54) is 0 Å². The van der Waals surface area contributed by atoms with Gasteiger partial charge in [-0.25, -0.2) is 4.98 Å². The molecule has 8 heteroatoms. The first-order valence-corrected chi connectivity index (χ1v) is 11.8. The van der Waals surface area contributed by atoms with E-state index in [0.29, 0.717) is 23.3 Å². The summed E-state index contributed by atoms with van der Waals surface area (Å²) in [5.41, 5.74) is 5.33. The molecular weight excluding hydrogens is 436 g/mol. The van der Waals surface area contributed by atoms with Crippen LogP contribution in [0.15, 0.2) is 54.3 Å². The van der Waals surface area contributed by atoms with Crippen molar-refractivity contribution in [2.24, 2.45) is 0 Å². The number of piperidine rings is 1. The lowest BCUT2D eigenvalue weighted by Gasteiger charge is -2.35. The van der Waals surface area contributed by atoms with Gasteiger partial charge in [0.05, 0.1) is 28.6 Å². The molecule has 35 heavy (non-hydrogen) atoms. The lowest BCUT2D eigenvalue weighted by Crippen LogP contribution is -2.42. The van der Waals surface area contributed by atoms with Crippen LogP contribution in [-0.2, 0) is 0 Å². The SMILES string of the molecule is CN/C=C1/C=C(c2c(NC)nc(N3CCC(N(C)C)CC3)nc2-c2ccc(C#N)cc2)C=CC1=N. The molecule has 0 saturated carbocycles. The summed E-state index contributed by atoms with van der Waals surface area (Å²) >= 11 is 0. The van der Waals surface area contributed by atoms with Gasteiger partial charge >= 0.3 is 0 Å². The van der Waals surface area contributed by atoms with Crippen LogP contribution >= 0.6 is 0 Å². The summed E-state index contributed by atoms with van der Waals surface area (Å²) in [4.78, 5) is 14.6. The van der Waals surface area contributed by atoms with Crippen LogP contribution in [-0.4, -0.2) is 67.9 Å². The van der Waals surface area contributed by atoms with Gasteiger partial charge in [-0.3, -0.25) is 0 Å². The molecule has 0 amide bonds. The van der Waals surface area contributed by atoms with Gasteiger partial charge in [-0.1, -0.05) is 18.2 Å². The van der Waals surface area contributed by atoms with E-state index in [4.69, 9.17) is 15.4 Å². The lowest BCUT2D eigenvalue weighted by atomic mass is 9.92. The summed E-state index contributed by atoms with van der Waals surface area (Å²) in [7, 11) is 7.96. The largest absolute Gasteiger partial charge is 0.393 e. The number of anilines is 2. The smallest absolute Gasteiger partial charge is 0.227 e. The molecule has 1 aliphatic carbocycles. The lowest BCUT2D eigenvalue weighted by molar-refractivity contribution is 0.249. The van der Waals surface area contributed by atoms with E-state index in [2.05, 4.69) is 40.6 Å². The second-order valence-electron chi connectivity index (χ2n) is 8.95. The van der Waals surface area contributed by atoms with Gasteiger partial charge in [0.2, 0.25) is 5.95 Å². The molecule has 1 saturated heterocycles. The summed E-state index contributed by atoms with van der Waals surface area (Å²) in [5, 5.41) is 23.8. The standard InChI is InChI=1S/C27H32N8/c1-30-17-21-15-20(9-10-23(21)29)24-25(19-7-5-18(16-28)6-8-19)32-27(33-26(24)31-2)35-13-11-22(12-14-35)34(3)4/h5-10,15,17,22,29-30H,11-14H2,1-4H3,(H,31,32,33)/b21-17-,29-23?. The van der Waals surface area contributed by atoms with Gasteiger partial charge in [0.25, 0.3) is 0 Å². The first kappa shape index (κ1) is 24.2. The molecule has 8 nitrogen and oxygen atoms in total. The average Bonchev–Trinajstić information content (AvgIpc) is 2.89. The number of hydrogen-bond donors (Lipinski definition) is 3. The van der Waals surface area contributed by atoms with Crippen LogP contribution in [0, 0.1) is 16.7 Å². The van der Waals surface area contributed by atoms with Crippen molar-refractivity contribution in [2.75, 3.05) is 51.5 Å². The first-order chi connectivity index (χ1) is 16.9. The van der Waals surface area contributed by atoms with Crippen LogP contribution in [0.25, 0.3) is 16.8 Å². The van der Waals surface area contributed by atoms with Gasteiger partial charge in [0, 0.05) is 50.6 Å². The molecule has 1 aliphatic heterocycles. The Morgan fingerprint density at radius 1 is 1.11 bits per heavy atom. The minimum atomic E-state index is 0.440. The van der Waals surface area contributed by atoms with Gasteiger partial charge in [0.15, 0.2) is 0 Å². The third kappa shape index (κ3) is 5.10. The first-order valence-electron chi connectivity index (χ1n) is 11.8. The van der Waals surface area contributed by atoms with E-state index in [1.54, 1.807) is 6.08 Å². The van der Waals surface area contributed by atoms with E-state index < -0.39 is 0 Å². The molecule has 0 atom stereocenters. The summed E-state index contributed by atoms with van der Waals surface area (Å²) in [6.07, 6.45) is 9.65. The Labute approximate surface area is 207 Å². The summed E-state index contributed by atoms with van der Waals surface area (Å²) < 4.78 is 0. The molecule has 0 unspecified atom stereocenters. The van der Waals surface area contributed by atoms with E-state index in [1.807, 2.05) is 56.7 Å². The zero-order chi connectivity index (χ0) is 24.9. The fraction of sp³-hybridized carbons (Fsp3) is 0.333. The second-order valence-corrected chi connectivity index (χ2v) is 8.95. The van der Waals surface area contributed by atoms with Gasteiger partial charge in [-0.15, -0.1) is 0 Å². The zero-order valence-electron chi connectivity index (χ0n) is 20.8. The predicted molar refractivity (Wildman–Crippen MR) is 143 cm³/mol. The quantitative estimate of drug-likeness (QED) is 0.594. The highest BCUT2D eigenvalue weighted by Gasteiger charge is 2.26. The van der Waals surface area contributed by atoms with Crippen molar-refractivity contribution in [1.82, 2.24) is 20.2 Å². The number of aromatic nitrogens is 2. The maximum Gasteiger partial charge on any atom is 0.227 e. The summed E-state index contributed by atoms with van der Waals surface area (Å²) in [5.74, 6) is 1.44. The van der Waals surface area contributed by atoms with Gasteiger partial charge in [-0.05, 0) is 56.8 Å². The van der Waals surface area contributed by atoms with E-state index >= 15 is 0 Å². The highest BCUT2D eigenvalue weighted by Crippen LogP contribution is 2.37. The number of nitrogens with one attached hydrogen (secondary N) is 3. The van der Waals surface area contributed by atoms with Crippen LogP contribution in [0.1, 0.15) is 24.0 Å². The molecule has 2 aromatic rings. The average molecular weight is 469 g/mol. The Morgan fingerprint density at radius 2 is 1.83 bits per heavy atom. The molecule has 180 valence electrons. The second kappa shape index (κ2) is 10.5. The highest BCUT2D eigenvalue weighted by atomic mass is 15.3. The maximum absolute atomic E-state index is 9.27. The number of allylic oxidation sites excluding steroid dienone is 5. The predicted octanol–water partition coefficient (Wildman–Crippen LogP) is 3.66. The monoisotopic (exact) mass is 468 g/mol. The minimum Gasteiger partial charge on any atom is -0.393 e. The number of nitriles is 1. The van der Waals surface area contributed by atoms with Crippen molar-refractivity contribution < 1.29 is 0 Å². The molecule has 0 spiro atoms. The van der Waals surface area contributed by atoms with Gasteiger partial charge in [0.1, 0.15) is 5.82 Å². The van der Waals surface area contributed by atoms with E-state index in [0.717, 1.165) is 59.7 Å². The fourth-order valence-electron chi connectivity index (χ4n) is 4.53. The molecular formula is C27H32N8. The highest BCUT2D eigenvalue weighted by molar-refractivity contribution is 6.14. The Kier molecular flexibility index (Phi) is 7.28. The molecule has 3 N–H and O–H groups in total. The fourth-order valence-corrected chi connectivity index (χ4v) is 4.53. The third-order valence-electron chi connectivity index (χ3n) is 6.54. The van der Waals surface area contributed by atoms with Crippen molar-refractivity contribution in [3.05, 3.63) is 65.4 Å². The molecule has 1 aromatic heterocycles. The van der Waals surface area contributed by atoms with Crippen LogP contribution in [0.5, 0.6) is 0 Å². The number of nitrogens with zero attached hydrogens (tertiary/aromatic N) is 5. The minimum absolute atomic E-state index is 0.440. The van der Waals surface area contributed by atoms with Gasteiger partial charge in [-0.2, -0.15) is 10.2 Å². The van der Waals surface area contributed by atoms with E-state index in [9.17, 15) is 5.26 Å². The van der Waals surface area contributed by atoms with Crippen LogP contribution in [0.3, 0.4) is 0 Å². The Morgan fingerprint density at radius 3 is 2.43 bits per heavy atom. The Bertz CT molecular complexity index is 1220. The normalized spacial score (nSPS) is 17.5. The molecule has 0 radical (unpaired) electrons. The van der Waals surface area contributed by atoms with Gasteiger partial charge < -0.3 is 25.8 Å². The number of rotatable bonds is 6. The third-order valence-corrected chi connectivity index (χ3v) is 6.54.